The van der Waals surface area contributed by atoms with Crippen molar-refractivity contribution in [2.24, 2.45) is 5.41 Å². The van der Waals surface area contributed by atoms with E-state index in [4.69, 9.17) is 11.6 Å². The summed E-state index contributed by atoms with van der Waals surface area (Å²) in [5.41, 5.74) is -1.04. The van der Waals surface area contributed by atoms with Gasteiger partial charge < -0.3 is 10.6 Å². The predicted octanol–water partition coefficient (Wildman–Crippen LogP) is 3.11. The molecule has 114 valence electrons. The van der Waals surface area contributed by atoms with Crippen LogP contribution in [0.3, 0.4) is 0 Å². The largest absolute Gasteiger partial charge is 0.351 e. The van der Waals surface area contributed by atoms with Crippen LogP contribution in [0.25, 0.3) is 0 Å². The zero-order valence-electron chi connectivity index (χ0n) is 12.2. The number of amides is 2. The highest BCUT2D eigenvalue weighted by molar-refractivity contribution is 6.31. The van der Waals surface area contributed by atoms with Gasteiger partial charge >= 0.3 is 0 Å². The summed E-state index contributed by atoms with van der Waals surface area (Å²) in [6.45, 7) is 5.58. The summed E-state index contributed by atoms with van der Waals surface area (Å²) >= 11 is 5.67. The third-order valence-electron chi connectivity index (χ3n) is 3.29. The first kappa shape index (κ1) is 15.8. The molecule has 1 fully saturated rings. The Hall–Kier alpha value is -1.62. The zero-order chi connectivity index (χ0) is 15.8. The average molecular weight is 313 g/mol. The van der Waals surface area contributed by atoms with E-state index in [0.29, 0.717) is 18.5 Å². The van der Waals surface area contributed by atoms with Gasteiger partial charge in [-0.15, -0.1) is 0 Å². The van der Waals surface area contributed by atoms with Crippen LogP contribution in [0.4, 0.5) is 10.1 Å². The number of rotatable bonds is 3. The molecule has 0 atom stereocenters. The zero-order valence-corrected chi connectivity index (χ0v) is 13.0. The molecule has 0 heterocycles. The summed E-state index contributed by atoms with van der Waals surface area (Å²) in [7, 11) is 0. The lowest BCUT2D eigenvalue weighted by molar-refractivity contribution is -0.135. The van der Waals surface area contributed by atoms with Gasteiger partial charge in [0.05, 0.1) is 5.02 Å². The second kappa shape index (κ2) is 5.30. The Kier molecular flexibility index (Phi) is 3.97. The number of halogens is 2. The van der Waals surface area contributed by atoms with Gasteiger partial charge in [0, 0.05) is 11.2 Å². The van der Waals surface area contributed by atoms with E-state index in [2.05, 4.69) is 10.6 Å². The molecule has 2 rings (SSSR count). The highest BCUT2D eigenvalue weighted by Crippen LogP contribution is 2.47. The summed E-state index contributed by atoms with van der Waals surface area (Å²) in [6.07, 6.45) is 1.02. The van der Waals surface area contributed by atoms with Crippen LogP contribution in [0.2, 0.25) is 5.02 Å². The summed E-state index contributed by atoms with van der Waals surface area (Å²) in [5.74, 6) is -1.21. The molecule has 1 aliphatic rings. The smallest absolute Gasteiger partial charge is 0.240 e. The second-order valence-corrected chi connectivity index (χ2v) is 6.78. The molecule has 1 aromatic carbocycles. The van der Waals surface area contributed by atoms with Gasteiger partial charge in [0.25, 0.3) is 0 Å². The van der Waals surface area contributed by atoms with Crippen molar-refractivity contribution in [3.63, 3.8) is 0 Å². The van der Waals surface area contributed by atoms with E-state index in [-0.39, 0.29) is 16.8 Å². The van der Waals surface area contributed by atoms with Crippen molar-refractivity contribution in [2.75, 3.05) is 5.32 Å². The Morgan fingerprint density at radius 1 is 1.24 bits per heavy atom. The highest BCUT2D eigenvalue weighted by Gasteiger charge is 2.57. The fourth-order valence-electron chi connectivity index (χ4n) is 1.97. The minimum Gasteiger partial charge on any atom is -0.351 e. The highest BCUT2D eigenvalue weighted by atomic mass is 35.5. The minimum atomic E-state index is -1.02. The van der Waals surface area contributed by atoms with Gasteiger partial charge in [0.2, 0.25) is 11.8 Å². The molecule has 21 heavy (non-hydrogen) atoms. The van der Waals surface area contributed by atoms with Gasteiger partial charge in [-0.05, 0) is 51.8 Å². The van der Waals surface area contributed by atoms with Crippen molar-refractivity contribution >= 4 is 29.1 Å². The summed E-state index contributed by atoms with van der Waals surface area (Å²) in [5, 5.41) is 5.38. The number of hydrogen-bond acceptors (Lipinski definition) is 2. The first-order valence-electron chi connectivity index (χ1n) is 6.73. The summed E-state index contributed by atoms with van der Waals surface area (Å²) in [6, 6.07) is 3.91. The van der Waals surface area contributed by atoms with Gasteiger partial charge in [-0.3, -0.25) is 9.59 Å². The molecule has 6 heteroatoms. The molecular formula is C15H18ClFN2O2. The summed E-state index contributed by atoms with van der Waals surface area (Å²) in [4.78, 5) is 24.5. The van der Waals surface area contributed by atoms with E-state index in [0.717, 1.165) is 0 Å². The Balaban J connectivity index is 2.09. The molecule has 0 aliphatic heterocycles. The molecular weight excluding hydrogens is 295 g/mol. The van der Waals surface area contributed by atoms with Crippen LogP contribution in [0, 0.1) is 11.2 Å². The van der Waals surface area contributed by atoms with Crippen molar-refractivity contribution in [2.45, 2.75) is 39.2 Å². The number of carbonyl (C=O) groups excluding carboxylic acids is 2. The number of anilines is 1. The first-order valence-corrected chi connectivity index (χ1v) is 7.11. The molecule has 2 amide bonds. The lowest BCUT2D eigenvalue weighted by Gasteiger charge is -2.24. The molecule has 4 nitrogen and oxygen atoms in total. The van der Waals surface area contributed by atoms with Crippen LogP contribution in [0.5, 0.6) is 0 Å². The Labute approximate surface area is 128 Å². The molecule has 1 saturated carbocycles. The molecule has 0 unspecified atom stereocenters. The topological polar surface area (TPSA) is 58.2 Å². The molecule has 0 aromatic heterocycles. The maximum atomic E-state index is 13.1. The van der Waals surface area contributed by atoms with Gasteiger partial charge in [-0.25, -0.2) is 4.39 Å². The molecule has 0 radical (unpaired) electrons. The maximum absolute atomic E-state index is 13.1. The third kappa shape index (κ3) is 3.53. The van der Waals surface area contributed by atoms with Gasteiger partial charge in [0.15, 0.2) is 0 Å². The third-order valence-corrected chi connectivity index (χ3v) is 3.57. The molecule has 1 aliphatic carbocycles. The van der Waals surface area contributed by atoms with Gasteiger partial charge in [0.1, 0.15) is 11.2 Å². The van der Waals surface area contributed by atoms with Crippen LogP contribution in [-0.4, -0.2) is 17.4 Å². The van der Waals surface area contributed by atoms with E-state index in [1.165, 1.54) is 18.2 Å². The first-order chi connectivity index (χ1) is 9.64. The van der Waals surface area contributed by atoms with Crippen LogP contribution in [0.1, 0.15) is 33.6 Å². The van der Waals surface area contributed by atoms with Crippen LogP contribution in [0.15, 0.2) is 18.2 Å². The molecule has 0 saturated heterocycles. The standard InChI is InChI=1S/C15H18ClFN2O2/c1-14(2,3)19-13(21)15(6-7-15)12(20)18-9-4-5-11(17)10(16)8-9/h4-5,8H,6-7H2,1-3H3,(H,18,20)(H,19,21). The minimum absolute atomic E-state index is 0.0724. The Morgan fingerprint density at radius 3 is 2.33 bits per heavy atom. The molecule has 0 bridgehead atoms. The molecule has 1 aromatic rings. The second-order valence-electron chi connectivity index (χ2n) is 6.37. The molecule has 0 spiro atoms. The van der Waals surface area contributed by atoms with E-state index >= 15 is 0 Å². The fourth-order valence-corrected chi connectivity index (χ4v) is 2.15. The molecule has 2 N–H and O–H groups in total. The van der Waals surface area contributed by atoms with Crippen LogP contribution < -0.4 is 10.6 Å². The Bertz CT molecular complexity index is 592. The normalized spacial score (nSPS) is 16.2. The van der Waals surface area contributed by atoms with Crippen molar-refractivity contribution in [1.82, 2.24) is 5.32 Å². The summed E-state index contributed by atoms with van der Waals surface area (Å²) < 4.78 is 13.1. The van der Waals surface area contributed by atoms with E-state index in [9.17, 15) is 14.0 Å². The Morgan fingerprint density at radius 2 is 1.86 bits per heavy atom. The predicted molar refractivity (Wildman–Crippen MR) is 79.6 cm³/mol. The monoisotopic (exact) mass is 312 g/mol. The van der Waals surface area contributed by atoms with Crippen molar-refractivity contribution < 1.29 is 14.0 Å². The maximum Gasteiger partial charge on any atom is 0.240 e. The lowest BCUT2D eigenvalue weighted by atomic mass is 10.0. The lowest BCUT2D eigenvalue weighted by Crippen LogP contribution is -2.48. The van der Waals surface area contributed by atoms with Crippen molar-refractivity contribution in [1.29, 1.82) is 0 Å². The van der Waals surface area contributed by atoms with E-state index in [1.807, 2.05) is 20.8 Å². The van der Waals surface area contributed by atoms with E-state index < -0.39 is 16.8 Å². The van der Waals surface area contributed by atoms with Crippen molar-refractivity contribution in [3.05, 3.63) is 29.0 Å². The van der Waals surface area contributed by atoms with Crippen LogP contribution in [-0.2, 0) is 9.59 Å². The van der Waals surface area contributed by atoms with E-state index in [1.54, 1.807) is 0 Å². The number of nitrogens with one attached hydrogen (secondary N) is 2. The number of carbonyl (C=O) groups is 2. The quantitative estimate of drug-likeness (QED) is 0.843. The van der Waals surface area contributed by atoms with Crippen molar-refractivity contribution in [3.8, 4) is 0 Å². The SMILES string of the molecule is CC(C)(C)NC(=O)C1(C(=O)Nc2ccc(F)c(Cl)c2)CC1. The fraction of sp³-hybridized carbons (Fsp3) is 0.467. The van der Waals surface area contributed by atoms with Gasteiger partial charge in [-0.2, -0.15) is 0 Å². The average Bonchev–Trinajstić information content (AvgIpc) is 3.13. The number of benzene rings is 1. The van der Waals surface area contributed by atoms with Gasteiger partial charge in [-0.1, -0.05) is 11.6 Å². The van der Waals surface area contributed by atoms with Crippen LogP contribution >= 0.6 is 11.6 Å². The number of hydrogen-bond donors (Lipinski definition) is 2.